The molecule has 4 atom stereocenters. The second-order valence-corrected chi connectivity index (χ2v) is 12.3. The number of halogens is 9. The van der Waals surface area contributed by atoms with Gasteiger partial charge in [0.05, 0.1) is 5.92 Å². The van der Waals surface area contributed by atoms with Gasteiger partial charge < -0.3 is 25.2 Å². The van der Waals surface area contributed by atoms with Gasteiger partial charge in [-0.3, -0.25) is 19.2 Å². The Morgan fingerprint density at radius 3 is 1.65 bits per heavy atom. The van der Waals surface area contributed by atoms with Crippen LogP contribution in [0.2, 0.25) is 5.02 Å². The van der Waals surface area contributed by atoms with Gasteiger partial charge in [-0.15, -0.1) is 0 Å². The average molecular weight is 765 g/mol. The van der Waals surface area contributed by atoms with E-state index in [-0.39, 0.29) is 38.1 Å². The Kier molecular flexibility index (Phi) is 13.4. The van der Waals surface area contributed by atoms with E-state index in [2.05, 4.69) is 20.1 Å². The van der Waals surface area contributed by atoms with E-state index in [1.807, 2.05) is 0 Å². The Bertz CT molecular complexity index is 1750. The summed E-state index contributed by atoms with van der Waals surface area (Å²) >= 11 is 5.83. The molecule has 5 rings (SSSR count). The van der Waals surface area contributed by atoms with Crippen molar-refractivity contribution in [3.8, 4) is 11.5 Å². The Morgan fingerprint density at radius 1 is 0.750 bits per heavy atom. The highest BCUT2D eigenvalue weighted by molar-refractivity contribution is 6.30. The number of piperidine rings is 2. The van der Waals surface area contributed by atoms with Gasteiger partial charge in [0.2, 0.25) is 11.8 Å². The number of hydrogen-bond acceptors (Lipinski definition) is 6. The summed E-state index contributed by atoms with van der Waals surface area (Å²) in [6, 6.07) is 9.12. The number of Topliss-reactive ketones (excluding diaryl/α,β-unsaturated/α-hetero) is 1. The topological polar surface area (TPSA) is 131 Å². The highest BCUT2D eigenvalue weighted by Crippen LogP contribution is 2.39. The molecule has 52 heavy (non-hydrogen) atoms. The summed E-state index contributed by atoms with van der Waals surface area (Å²) in [7, 11) is 0. The lowest BCUT2D eigenvalue weighted by molar-refractivity contribution is -0.144. The van der Waals surface area contributed by atoms with Gasteiger partial charge in [0, 0.05) is 91.0 Å². The number of hydrogen-bond donors (Lipinski definition) is 3. The van der Waals surface area contributed by atoms with Crippen LogP contribution in [0.15, 0.2) is 48.5 Å². The zero-order chi connectivity index (χ0) is 38.3. The predicted molar refractivity (Wildman–Crippen MR) is 166 cm³/mol. The molecule has 2 aliphatic heterocycles. The molecule has 2 amide bonds. The third-order valence-electron chi connectivity index (χ3n) is 8.36. The number of benzene rings is 3. The van der Waals surface area contributed by atoms with Crippen LogP contribution in [0.5, 0.6) is 11.5 Å². The molecule has 0 aliphatic carbocycles. The smallest absolute Gasteiger partial charge is 0.387 e. The second kappa shape index (κ2) is 17.5. The van der Waals surface area contributed by atoms with Crippen molar-refractivity contribution < 1.29 is 68.9 Å². The fourth-order valence-corrected chi connectivity index (χ4v) is 6.21. The maximum absolute atomic E-state index is 14.6. The van der Waals surface area contributed by atoms with Crippen LogP contribution in [0.25, 0.3) is 0 Å². The molecule has 9 nitrogen and oxygen atoms in total. The van der Waals surface area contributed by atoms with Crippen LogP contribution in [-0.4, -0.2) is 55.0 Å². The highest BCUT2D eigenvalue weighted by atomic mass is 35.5. The number of alkyl halides is 4. The van der Waals surface area contributed by atoms with Crippen molar-refractivity contribution in [1.29, 1.82) is 0 Å². The van der Waals surface area contributed by atoms with E-state index < -0.39 is 107 Å². The van der Waals surface area contributed by atoms with Crippen molar-refractivity contribution in [3.05, 3.63) is 93.5 Å². The summed E-state index contributed by atoms with van der Waals surface area (Å²) in [6.07, 6.45) is -0.538. The van der Waals surface area contributed by atoms with Crippen LogP contribution in [0, 0.1) is 35.1 Å². The average Bonchev–Trinajstić information content (AvgIpc) is 3.02. The minimum atomic E-state index is -3.25. The molecule has 0 aromatic heterocycles. The van der Waals surface area contributed by atoms with Crippen LogP contribution in [0.3, 0.4) is 0 Å². The molecule has 2 aliphatic rings. The van der Waals surface area contributed by atoms with Crippen LogP contribution in [-0.2, 0) is 25.6 Å². The summed E-state index contributed by atoms with van der Waals surface area (Å²) in [4.78, 5) is 46.9. The second-order valence-electron chi connectivity index (χ2n) is 11.8. The summed E-state index contributed by atoms with van der Waals surface area (Å²) in [5, 5.41) is 14.5. The van der Waals surface area contributed by atoms with Crippen molar-refractivity contribution in [3.63, 3.8) is 0 Å². The van der Waals surface area contributed by atoms with Gasteiger partial charge in [-0.05, 0) is 23.6 Å². The fourth-order valence-electron chi connectivity index (χ4n) is 6.09. The lowest BCUT2D eigenvalue weighted by Crippen LogP contribution is -2.43. The Labute approximate surface area is 295 Å². The van der Waals surface area contributed by atoms with Gasteiger partial charge in [0.15, 0.2) is 0 Å². The first-order chi connectivity index (χ1) is 24.5. The van der Waals surface area contributed by atoms with Gasteiger partial charge in [0.1, 0.15) is 40.6 Å². The first kappa shape index (κ1) is 39.8. The lowest BCUT2D eigenvalue weighted by atomic mass is 9.77. The third kappa shape index (κ3) is 10.6. The van der Waals surface area contributed by atoms with Crippen LogP contribution >= 0.6 is 11.6 Å². The summed E-state index contributed by atoms with van der Waals surface area (Å²) in [6.45, 7) is -6.68. The molecule has 2 saturated heterocycles. The Balaban J connectivity index is 0.000000244. The van der Waals surface area contributed by atoms with Crippen LogP contribution in [0.1, 0.15) is 47.8 Å². The van der Waals surface area contributed by atoms with E-state index in [1.54, 1.807) is 24.3 Å². The molecule has 280 valence electrons. The van der Waals surface area contributed by atoms with E-state index in [4.69, 9.17) is 16.7 Å². The predicted octanol–water partition coefficient (Wildman–Crippen LogP) is 6.51. The number of carbonyl (C=O) groups is 4. The molecule has 3 aromatic rings. The van der Waals surface area contributed by atoms with E-state index in [0.29, 0.717) is 29.3 Å². The molecular weight excluding hydrogens is 736 g/mol. The van der Waals surface area contributed by atoms with Gasteiger partial charge >= 0.3 is 19.2 Å². The fraction of sp³-hybridized carbons (Fsp3) is 0.353. The first-order valence-corrected chi connectivity index (χ1v) is 15.8. The summed E-state index contributed by atoms with van der Waals surface area (Å²) in [5.74, 6) is -12.4. The van der Waals surface area contributed by atoms with Crippen molar-refractivity contribution in [2.75, 3.05) is 13.1 Å². The van der Waals surface area contributed by atoms with Gasteiger partial charge in [-0.2, -0.15) is 17.6 Å². The standard InChI is InChI=1S/C21H18ClF4NO3.C13H11F4NO4/c22-13-3-1-11(2-4-13)5-14(28)6-12-10-27-19(29)9-16(12)20-17(23)7-15(8-18(20)24)30-21(25)26;14-8-1-5(22-13(16)17)2-9(15)11(8)6-3-10(19)18-4-7(6)12(20)21/h1-4,7-8,12,16,21H,5-6,9-10H2,(H,27,29);1-2,6-7,13H,3-4H2,(H,18,19)(H,20,21)/t12-,16?;/m1./s1. The zero-order valence-electron chi connectivity index (χ0n) is 26.6. The van der Waals surface area contributed by atoms with Crippen LogP contribution in [0.4, 0.5) is 35.1 Å². The van der Waals surface area contributed by atoms with Gasteiger partial charge in [-0.1, -0.05) is 23.7 Å². The number of carbonyl (C=O) groups excluding carboxylic acids is 3. The molecule has 18 heteroatoms. The van der Waals surface area contributed by atoms with E-state index in [0.717, 1.165) is 5.56 Å². The van der Waals surface area contributed by atoms with E-state index >= 15 is 0 Å². The molecule has 0 bridgehead atoms. The maximum Gasteiger partial charge on any atom is 0.387 e. The SMILES string of the molecule is O=C(Cc1ccc(Cl)cc1)C[C@@H]1CNC(=O)CC1c1c(F)cc(OC(F)F)cc1F.O=C1CC(c2c(F)cc(OC(F)F)cc2F)C(C(=O)O)CN1. The number of ketones is 1. The third-order valence-corrected chi connectivity index (χ3v) is 8.62. The quantitative estimate of drug-likeness (QED) is 0.190. The maximum atomic E-state index is 14.6. The Morgan fingerprint density at radius 2 is 1.19 bits per heavy atom. The van der Waals surface area contributed by atoms with Crippen molar-refractivity contribution in [2.45, 2.75) is 50.7 Å². The molecule has 2 fully saturated rings. The lowest BCUT2D eigenvalue weighted by Gasteiger charge is -2.32. The number of rotatable bonds is 11. The van der Waals surface area contributed by atoms with E-state index in [9.17, 15) is 54.3 Å². The number of aliphatic carboxylic acids is 1. The minimum Gasteiger partial charge on any atom is -0.481 e. The summed E-state index contributed by atoms with van der Waals surface area (Å²) < 4.78 is 114. The number of carboxylic acid groups (broad SMARTS) is 1. The summed E-state index contributed by atoms with van der Waals surface area (Å²) in [5.41, 5.74) is -0.286. The first-order valence-electron chi connectivity index (χ1n) is 15.4. The largest absolute Gasteiger partial charge is 0.481 e. The molecule has 3 unspecified atom stereocenters. The molecule has 3 aromatic carbocycles. The molecule has 0 radical (unpaired) electrons. The Hall–Kier alpha value is -4.93. The van der Waals surface area contributed by atoms with Gasteiger partial charge in [0.25, 0.3) is 0 Å². The number of ether oxygens (including phenoxy) is 2. The van der Waals surface area contributed by atoms with Crippen molar-refractivity contribution in [1.82, 2.24) is 10.6 Å². The zero-order valence-corrected chi connectivity index (χ0v) is 27.4. The van der Waals surface area contributed by atoms with Gasteiger partial charge in [-0.25, -0.2) is 17.6 Å². The number of nitrogens with one attached hydrogen (secondary N) is 2. The normalized spacial score (nSPS) is 20.1. The molecule has 0 saturated carbocycles. The highest BCUT2D eigenvalue weighted by Gasteiger charge is 2.39. The molecule has 3 N–H and O–H groups in total. The number of carboxylic acids is 1. The molecular formula is C34H29ClF8N2O7. The number of amides is 2. The molecule has 2 heterocycles. The van der Waals surface area contributed by atoms with E-state index in [1.165, 1.54) is 0 Å². The van der Waals surface area contributed by atoms with Crippen molar-refractivity contribution in [2.24, 2.45) is 11.8 Å². The van der Waals surface area contributed by atoms with Crippen LogP contribution < -0.4 is 20.1 Å². The minimum absolute atomic E-state index is 0.0122. The molecule has 0 spiro atoms. The van der Waals surface area contributed by atoms with Crippen molar-refractivity contribution >= 4 is 35.2 Å². The monoisotopic (exact) mass is 764 g/mol.